The maximum absolute atomic E-state index is 10.8. The zero-order chi connectivity index (χ0) is 14.5. The van der Waals surface area contributed by atoms with Crippen LogP contribution in [-0.4, -0.2) is 21.8 Å². The van der Waals surface area contributed by atoms with E-state index in [4.69, 9.17) is 4.74 Å². The minimum atomic E-state index is -0.413. The molecular formula is C13H16N4O3. The number of aromatic nitrogens is 2. The molecule has 0 aliphatic heterocycles. The fraction of sp³-hybridized carbons (Fsp3) is 0.308. The van der Waals surface area contributed by atoms with Gasteiger partial charge in [-0.05, 0) is 12.1 Å². The predicted octanol–water partition coefficient (Wildman–Crippen LogP) is 1.63. The number of nitrogens with zero attached hydrogens (tertiary/aromatic N) is 3. The molecule has 0 fully saturated rings. The van der Waals surface area contributed by atoms with E-state index < -0.39 is 4.92 Å². The first kappa shape index (κ1) is 14.0. The van der Waals surface area contributed by atoms with Crippen molar-refractivity contribution in [3.05, 3.63) is 51.8 Å². The lowest BCUT2D eigenvalue weighted by Crippen LogP contribution is -2.16. The molecule has 1 heterocycles. The molecule has 0 saturated heterocycles. The first-order valence-corrected chi connectivity index (χ1v) is 6.10. The number of aryl methyl sites for hydroxylation is 1. The van der Waals surface area contributed by atoms with Crippen LogP contribution in [0.1, 0.15) is 11.3 Å². The monoisotopic (exact) mass is 276 g/mol. The van der Waals surface area contributed by atoms with Gasteiger partial charge in [-0.15, -0.1) is 0 Å². The Kier molecular flexibility index (Phi) is 4.31. The van der Waals surface area contributed by atoms with Crippen molar-refractivity contribution in [3.8, 4) is 5.75 Å². The van der Waals surface area contributed by atoms with Crippen LogP contribution < -0.4 is 10.1 Å². The normalized spacial score (nSPS) is 10.5. The third kappa shape index (κ3) is 3.12. The van der Waals surface area contributed by atoms with Gasteiger partial charge in [-0.25, -0.2) is 0 Å². The number of non-ortho nitro benzene ring substituents is 1. The second-order valence-electron chi connectivity index (χ2n) is 4.30. The number of benzene rings is 1. The third-order valence-electron chi connectivity index (χ3n) is 3.02. The fourth-order valence-electron chi connectivity index (χ4n) is 1.92. The van der Waals surface area contributed by atoms with E-state index in [0.29, 0.717) is 18.8 Å². The topological polar surface area (TPSA) is 82.2 Å². The van der Waals surface area contributed by atoms with E-state index in [2.05, 4.69) is 10.4 Å². The zero-order valence-electron chi connectivity index (χ0n) is 11.4. The third-order valence-corrected chi connectivity index (χ3v) is 3.02. The van der Waals surface area contributed by atoms with E-state index in [1.807, 2.05) is 13.1 Å². The molecule has 0 radical (unpaired) electrons. The summed E-state index contributed by atoms with van der Waals surface area (Å²) in [6, 6.07) is 6.48. The van der Waals surface area contributed by atoms with Gasteiger partial charge >= 0.3 is 0 Å². The Labute approximate surface area is 116 Å². The average molecular weight is 276 g/mol. The number of nitro groups is 1. The highest BCUT2D eigenvalue weighted by Crippen LogP contribution is 2.23. The van der Waals surface area contributed by atoms with Gasteiger partial charge < -0.3 is 10.1 Å². The van der Waals surface area contributed by atoms with Crippen LogP contribution in [0, 0.1) is 10.1 Å². The second kappa shape index (κ2) is 6.16. The summed E-state index contributed by atoms with van der Waals surface area (Å²) in [5, 5.41) is 18.1. The summed E-state index contributed by atoms with van der Waals surface area (Å²) < 4.78 is 6.99. The van der Waals surface area contributed by atoms with Crippen LogP contribution in [0.3, 0.4) is 0 Å². The van der Waals surface area contributed by atoms with E-state index in [9.17, 15) is 10.1 Å². The lowest BCUT2D eigenvalue weighted by Gasteiger charge is -2.09. The first-order valence-electron chi connectivity index (χ1n) is 6.10. The van der Waals surface area contributed by atoms with Crippen molar-refractivity contribution in [1.82, 2.24) is 15.1 Å². The first-order chi connectivity index (χ1) is 9.61. The lowest BCUT2D eigenvalue weighted by molar-refractivity contribution is -0.384. The summed E-state index contributed by atoms with van der Waals surface area (Å²) in [7, 11) is 3.41. The van der Waals surface area contributed by atoms with E-state index in [1.54, 1.807) is 24.1 Å². The van der Waals surface area contributed by atoms with E-state index >= 15 is 0 Å². The predicted molar refractivity (Wildman–Crippen MR) is 73.4 cm³/mol. The summed E-state index contributed by atoms with van der Waals surface area (Å²) in [4.78, 5) is 10.4. The molecule has 0 saturated carbocycles. The van der Waals surface area contributed by atoms with Gasteiger partial charge in [0, 0.05) is 44.0 Å². The molecular weight excluding hydrogens is 260 g/mol. The minimum Gasteiger partial charge on any atom is -0.496 e. The van der Waals surface area contributed by atoms with Gasteiger partial charge in [0.25, 0.3) is 5.69 Å². The molecule has 2 rings (SSSR count). The number of nitro benzene ring substituents is 1. The summed E-state index contributed by atoms with van der Waals surface area (Å²) in [5.41, 5.74) is 1.85. The Hall–Kier alpha value is -2.41. The van der Waals surface area contributed by atoms with Crippen molar-refractivity contribution in [3.63, 3.8) is 0 Å². The van der Waals surface area contributed by atoms with Crippen LogP contribution in [0.4, 0.5) is 5.69 Å². The van der Waals surface area contributed by atoms with Crippen molar-refractivity contribution >= 4 is 5.69 Å². The van der Waals surface area contributed by atoms with Gasteiger partial charge in [-0.3, -0.25) is 14.8 Å². The summed E-state index contributed by atoms with van der Waals surface area (Å²) >= 11 is 0. The maximum Gasteiger partial charge on any atom is 0.270 e. The van der Waals surface area contributed by atoms with Crippen molar-refractivity contribution in [2.24, 2.45) is 7.05 Å². The van der Waals surface area contributed by atoms with Crippen LogP contribution in [0.2, 0.25) is 0 Å². The second-order valence-corrected chi connectivity index (χ2v) is 4.30. The highest BCUT2D eigenvalue weighted by molar-refractivity contribution is 5.43. The van der Waals surface area contributed by atoms with Crippen molar-refractivity contribution < 1.29 is 9.66 Å². The smallest absolute Gasteiger partial charge is 0.270 e. The molecule has 7 heteroatoms. The number of hydrogen-bond donors (Lipinski definition) is 1. The number of nitrogens with one attached hydrogen (secondary N) is 1. The molecule has 7 nitrogen and oxygen atoms in total. The van der Waals surface area contributed by atoms with Crippen LogP contribution in [0.15, 0.2) is 30.5 Å². The van der Waals surface area contributed by atoms with E-state index in [1.165, 1.54) is 12.1 Å². The van der Waals surface area contributed by atoms with Crippen LogP contribution in [0.25, 0.3) is 0 Å². The van der Waals surface area contributed by atoms with Crippen LogP contribution in [-0.2, 0) is 20.1 Å². The summed E-state index contributed by atoms with van der Waals surface area (Å²) in [6.45, 7) is 1.11. The van der Waals surface area contributed by atoms with E-state index in [-0.39, 0.29) is 5.69 Å². The lowest BCUT2D eigenvalue weighted by atomic mass is 10.1. The molecule has 0 unspecified atom stereocenters. The highest BCUT2D eigenvalue weighted by Gasteiger charge is 2.11. The van der Waals surface area contributed by atoms with Gasteiger partial charge in [0.1, 0.15) is 5.75 Å². The van der Waals surface area contributed by atoms with Gasteiger partial charge in [-0.2, -0.15) is 5.10 Å². The number of rotatable bonds is 6. The Morgan fingerprint density at radius 1 is 1.40 bits per heavy atom. The molecule has 1 aromatic carbocycles. The highest BCUT2D eigenvalue weighted by atomic mass is 16.6. The molecule has 1 aromatic heterocycles. The van der Waals surface area contributed by atoms with Gasteiger partial charge in [0.15, 0.2) is 0 Å². The quantitative estimate of drug-likeness (QED) is 0.640. The molecule has 0 bridgehead atoms. The molecule has 0 aliphatic carbocycles. The largest absolute Gasteiger partial charge is 0.496 e. The van der Waals surface area contributed by atoms with Crippen molar-refractivity contribution in [2.45, 2.75) is 13.1 Å². The van der Waals surface area contributed by atoms with Gasteiger partial charge in [-0.1, -0.05) is 0 Å². The van der Waals surface area contributed by atoms with Crippen LogP contribution in [0.5, 0.6) is 5.75 Å². The maximum atomic E-state index is 10.8. The zero-order valence-corrected chi connectivity index (χ0v) is 11.4. The Morgan fingerprint density at radius 2 is 2.20 bits per heavy atom. The van der Waals surface area contributed by atoms with Gasteiger partial charge in [0.2, 0.25) is 0 Å². The molecule has 0 amide bonds. The minimum absolute atomic E-state index is 0.0585. The molecule has 0 atom stereocenters. The molecule has 106 valence electrons. The Bertz CT molecular complexity index is 609. The molecule has 2 aromatic rings. The van der Waals surface area contributed by atoms with Crippen molar-refractivity contribution in [2.75, 3.05) is 7.11 Å². The molecule has 0 spiro atoms. The fourth-order valence-corrected chi connectivity index (χ4v) is 1.92. The summed E-state index contributed by atoms with van der Waals surface area (Å²) in [6.07, 6.45) is 1.73. The number of methoxy groups -OCH3 is 1. The van der Waals surface area contributed by atoms with E-state index in [0.717, 1.165) is 11.3 Å². The Morgan fingerprint density at radius 3 is 2.80 bits per heavy atom. The standard InChI is InChI=1S/C13H16N4O3/c1-16-12(5-6-15-16)9-14-8-10-7-11(17(18)19)3-4-13(10)20-2/h3-7,14H,8-9H2,1-2H3. The number of hydrogen-bond acceptors (Lipinski definition) is 5. The molecule has 20 heavy (non-hydrogen) atoms. The van der Waals surface area contributed by atoms with Crippen molar-refractivity contribution in [1.29, 1.82) is 0 Å². The molecule has 1 N–H and O–H groups in total. The van der Waals surface area contributed by atoms with Gasteiger partial charge in [0.05, 0.1) is 17.7 Å². The Balaban J connectivity index is 2.06. The SMILES string of the molecule is COc1ccc([N+](=O)[O-])cc1CNCc1ccnn1C. The average Bonchev–Trinajstić information content (AvgIpc) is 2.84. The molecule has 0 aliphatic rings. The summed E-state index contributed by atoms with van der Waals surface area (Å²) in [5.74, 6) is 0.633. The number of ether oxygens (including phenoxy) is 1. The van der Waals surface area contributed by atoms with Crippen LogP contribution >= 0.6 is 0 Å².